The molecule has 0 aromatic heterocycles. The lowest BCUT2D eigenvalue weighted by molar-refractivity contribution is -0.140. The van der Waals surface area contributed by atoms with Crippen LogP contribution >= 0.6 is 0 Å². The van der Waals surface area contributed by atoms with Gasteiger partial charge >= 0.3 is 5.97 Å². The summed E-state index contributed by atoms with van der Waals surface area (Å²) in [5, 5.41) is 0. The molecule has 0 fully saturated rings. The van der Waals surface area contributed by atoms with Crippen molar-refractivity contribution in [1.82, 2.24) is 4.31 Å². The van der Waals surface area contributed by atoms with Crippen LogP contribution in [0.25, 0.3) is 0 Å². The molecule has 1 aromatic rings. The van der Waals surface area contributed by atoms with E-state index < -0.39 is 21.8 Å². The number of carbonyl (C=O) groups excluding carboxylic acids is 1. The summed E-state index contributed by atoms with van der Waals surface area (Å²) in [4.78, 5) is 10.8. The minimum absolute atomic E-state index is 0.0354. The number of ether oxygens (including phenoxy) is 1. The van der Waals surface area contributed by atoms with Crippen LogP contribution in [0.15, 0.2) is 23.1 Å². The molecule has 106 valence electrons. The zero-order valence-corrected chi connectivity index (χ0v) is 11.4. The fourth-order valence-electron chi connectivity index (χ4n) is 1.33. The van der Waals surface area contributed by atoms with Crippen LogP contribution in [0.1, 0.15) is 6.42 Å². The topological polar surface area (TPSA) is 89.7 Å². The van der Waals surface area contributed by atoms with Crippen molar-refractivity contribution in [2.24, 2.45) is 0 Å². The third-order valence-electron chi connectivity index (χ3n) is 2.53. The van der Waals surface area contributed by atoms with Crippen molar-refractivity contribution in [2.75, 3.05) is 26.4 Å². The van der Waals surface area contributed by atoms with E-state index in [9.17, 15) is 17.6 Å². The Hall–Kier alpha value is -1.67. The number of carbonyl (C=O) groups is 1. The molecule has 0 saturated carbocycles. The molecule has 0 heterocycles. The van der Waals surface area contributed by atoms with Crippen LogP contribution in [0, 0.1) is 5.82 Å². The van der Waals surface area contributed by atoms with Crippen LogP contribution in [-0.2, 0) is 19.6 Å². The molecule has 1 rings (SSSR count). The second-order valence-corrected chi connectivity index (χ2v) is 5.88. The number of hydrogen-bond donors (Lipinski definition) is 1. The molecule has 0 amide bonds. The smallest absolute Gasteiger partial charge is 0.306 e. The van der Waals surface area contributed by atoms with E-state index in [1.165, 1.54) is 14.2 Å². The highest BCUT2D eigenvalue weighted by Gasteiger charge is 2.22. The number of nitrogens with zero attached hydrogens (tertiary/aromatic N) is 1. The van der Waals surface area contributed by atoms with Crippen LogP contribution < -0.4 is 5.73 Å². The van der Waals surface area contributed by atoms with E-state index in [-0.39, 0.29) is 23.5 Å². The molecule has 0 unspecified atom stereocenters. The number of sulfonamides is 1. The van der Waals surface area contributed by atoms with E-state index in [1.807, 2.05) is 0 Å². The molecular weight excluding hydrogens is 275 g/mol. The number of esters is 1. The van der Waals surface area contributed by atoms with Crippen LogP contribution in [0.5, 0.6) is 0 Å². The Labute approximate surface area is 111 Å². The maximum Gasteiger partial charge on any atom is 0.306 e. The second-order valence-electron chi connectivity index (χ2n) is 3.84. The van der Waals surface area contributed by atoms with E-state index in [1.54, 1.807) is 0 Å². The molecule has 6 nitrogen and oxygen atoms in total. The van der Waals surface area contributed by atoms with Gasteiger partial charge in [0.25, 0.3) is 0 Å². The van der Waals surface area contributed by atoms with E-state index in [2.05, 4.69) is 4.74 Å². The fourth-order valence-corrected chi connectivity index (χ4v) is 2.54. The highest BCUT2D eigenvalue weighted by Crippen LogP contribution is 2.19. The summed E-state index contributed by atoms with van der Waals surface area (Å²) in [5.41, 5.74) is 5.08. The number of methoxy groups -OCH3 is 1. The van der Waals surface area contributed by atoms with E-state index >= 15 is 0 Å². The molecule has 1 aromatic carbocycles. The predicted molar refractivity (Wildman–Crippen MR) is 67.3 cm³/mol. The molecule has 0 radical (unpaired) electrons. The summed E-state index contributed by atoms with van der Waals surface area (Å²) < 4.78 is 42.6. The number of hydrogen-bond acceptors (Lipinski definition) is 5. The molecular formula is C11H15FN2O4S. The van der Waals surface area contributed by atoms with Crippen molar-refractivity contribution in [2.45, 2.75) is 11.3 Å². The SMILES string of the molecule is COC(=O)CCN(C)S(=O)(=O)c1ccc(F)c(N)c1. The zero-order valence-electron chi connectivity index (χ0n) is 10.6. The molecule has 0 aliphatic carbocycles. The molecule has 0 aliphatic heterocycles. The van der Waals surface area contributed by atoms with Gasteiger partial charge in [0, 0.05) is 13.6 Å². The third kappa shape index (κ3) is 3.65. The third-order valence-corrected chi connectivity index (χ3v) is 4.39. The van der Waals surface area contributed by atoms with Crippen LogP contribution in [-0.4, -0.2) is 39.4 Å². The molecule has 0 bridgehead atoms. The van der Waals surface area contributed by atoms with Gasteiger partial charge in [-0.05, 0) is 18.2 Å². The van der Waals surface area contributed by atoms with E-state index in [4.69, 9.17) is 5.73 Å². The van der Waals surface area contributed by atoms with Crippen molar-refractivity contribution >= 4 is 21.7 Å². The summed E-state index contributed by atoms with van der Waals surface area (Å²) in [5.74, 6) is -1.20. The van der Waals surface area contributed by atoms with Gasteiger partial charge in [0.05, 0.1) is 24.1 Å². The maximum absolute atomic E-state index is 13.0. The largest absolute Gasteiger partial charge is 0.469 e. The Morgan fingerprint density at radius 3 is 2.63 bits per heavy atom. The number of rotatable bonds is 5. The lowest BCUT2D eigenvalue weighted by Crippen LogP contribution is -2.29. The number of halogens is 1. The van der Waals surface area contributed by atoms with Gasteiger partial charge in [-0.3, -0.25) is 4.79 Å². The van der Waals surface area contributed by atoms with Gasteiger partial charge in [-0.1, -0.05) is 0 Å². The van der Waals surface area contributed by atoms with Crippen molar-refractivity contribution in [3.05, 3.63) is 24.0 Å². The van der Waals surface area contributed by atoms with Gasteiger partial charge in [-0.15, -0.1) is 0 Å². The lowest BCUT2D eigenvalue weighted by atomic mass is 10.3. The average molecular weight is 290 g/mol. The van der Waals surface area contributed by atoms with Gasteiger partial charge < -0.3 is 10.5 Å². The first-order chi connectivity index (χ1) is 8.78. The Morgan fingerprint density at radius 2 is 2.11 bits per heavy atom. The monoisotopic (exact) mass is 290 g/mol. The maximum atomic E-state index is 13.0. The summed E-state index contributed by atoms with van der Waals surface area (Å²) in [6.45, 7) is -0.0354. The second kappa shape index (κ2) is 5.98. The quantitative estimate of drug-likeness (QED) is 0.633. The number of anilines is 1. The van der Waals surface area contributed by atoms with Gasteiger partial charge in [0.1, 0.15) is 5.82 Å². The summed E-state index contributed by atoms with van der Waals surface area (Å²) in [6, 6.07) is 3.14. The molecule has 0 atom stereocenters. The molecule has 0 aliphatic rings. The van der Waals surface area contributed by atoms with Gasteiger partial charge in [0.15, 0.2) is 0 Å². The van der Waals surface area contributed by atoms with Crippen molar-refractivity contribution in [3.8, 4) is 0 Å². The molecule has 2 N–H and O–H groups in total. The van der Waals surface area contributed by atoms with E-state index in [0.29, 0.717) is 0 Å². The minimum Gasteiger partial charge on any atom is -0.469 e. The standard InChI is InChI=1S/C11H15FN2O4S/c1-14(6-5-11(15)18-2)19(16,17)8-3-4-9(12)10(13)7-8/h3-4,7H,5-6,13H2,1-2H3. The normalized spacial score (nSPS) is 11.6. The van der Waals surface area contributed by atoms with E-state index in [0.717, 1.165) is 22.5 Å². The fraction of sp³-hybridized carbons (Fsp3) is 0.364. The predicted octanol–water partition coefficient (Wildman–Crippen LogP) is 0.591. The molecule has 8 heteroatoms. The number of nitrogens with two attached hydrogens (primary N) is 1. The minimum atomic E-state index is -3.80. The van der Waals surface area contributed by atoms with Gasteiger partial charge in [-0.25, -0.2) is 17.1 Å². The first kappa shape index (κ1) is 15.4. The number of benzene rings is 1. The first-order valence-electron chi connectivity index (χ1n) is 5.37. The first-order valence-corrected chi connectivity index (χ1v) is 6.81. The lowest BCUT2D eigenvalue weighted by Gasteiger charge is -2.16. The molecule has 19 heavy (non-hydrogen) atoms. The van der Waals surface area contributed by atoms with Crippen LogP contribution in [0.4, 0.5) is 10.1 Å². The van der Waals surface area contributed by atoms with Crippen molar-refractivity contribution in [3.63, 3.8) is 0 Å². The Morgan fingerprint density at radius 1 is 1.47 bits per heavy atom. The summed E-state index contributed by atoms with van der Waals surface area (Å²) in [6.07, 6.45) is -0.0666. The zero-order chi connectivity index (χ0) is 14.6. The molecule has 0 saturated heterocycles. The summed E-state index contributed by atoms with van der Waals surface area (Å²) >= 11 is 0. The van der Waals surface area contributed by atoms with Crippen LogP contribution in [0.3, 0.4) is 0 Å². The average Bonchev–Trinajstić information content (AvgIpc) is 2.38. The van der Waals surface area contributed by atoms with Crippen molar-refractivity contribution < 1.29 is 22.3 Å². The molecule has 0 spiro atoms. The van der Waals surface area contributed by atoms with Gasteiger partial charge in [-0.2, -0.15) is 0 Å². The Balaban J connectivity index is 2.90. The highest BCUT2D eigenvalue weighted by molar-refractivity contribution is 7.89. The number of nitrogen functional groups attached to an aromatic ring is 1. The Kier molecular flexibility index (Phi) is 4.84. The van der Waals surface area contributed by atoms with Crippen molar-refractivity contribution in [1.29, 1.82) is 0 Å². The summed E-state index contributed by atoms with van der Waals surface area (Å²) in [7, 11) is -1.27. The Bertz CT molecular complexity index is 574. The van der Waals surface area contributed by atoms with Gasteiger partial charge in [0.2, 0.25) is 10.0 Å². The van der Waals surface area contributed by atoms with Crippen LogP contribution in [0.2, 0.25) is 0 Å². The highest BCUT2D eigenvalue weighted by atomic mass is 32.2.